The summed E-state index contributed by atoms with van der Waals surface area (Å²) in [5, 5.41) is 11.5. The summed E-state index contributed by atoms with van der Waals surface area (Å²) in [7, 11) is 0. The van der Waals surface area contributed by atoms with Crippen molar-refractivity contribution in [3.8, 4) is 0 Å². The number of carbonyl (C=O) groups excluding carboxylic acids is 2. The molecule has 3 N–H and O–H groups in total. The quantitative estimate of drug-likeness (QED) is 0.518. The Bertz CT molecular complexity index is 1440. The molecule has 9 nitrogen and oxygen atoms in total. The second-order valence-electron chi connectivity index (χ2n) is 7.95. The Labute approximate surface area is 186 Å². The summed E-state index contributed by atoms with van der Waals surface area (Å²) >= 11 is 6.00. The van der Waals surface area contributed by atoms with Crippen molar-refractivity contribution < 1.29 is 9.59 Å². The maximum atomic E-state index is 12.9. The largest absolute Gasteiger partial charge is 0.340 e. The average molecular weight is 452 g/mol. The van der Waals surface area contributed by atoms with E-state index in [9.17, 15) is 19.2 Å². The summed E-state index contributed by atoms with van der Waals surface area (Å²) in [5.41, 5.74) is 1.68. The number of aromatic nitrogens is 2. The number of carbonyl (C=O) groups is 2. The normalized spacial score (nSPS) is 18.2. The number of hydrogen-bond donors (Lipinski definition) is 3. The van der Waals surface area contributed by atoms with E-state index < -0.39 is 23.2 Å². The molecule has 162 valence electrons. The van der Waals surface area contributed by atoms with Gasteiger partial charge in [-0.15, -0.1) is 0 Å². The number of nitrogens with zero attached hydrogens (tertiary/aromatic N) is 2. The number of fused-ring (bicyclic) bond motifs is 2. The molecule has 3 aromatic rings. The number of amidine groups is 1. The lowest BCUT2D eigenvalue weighted by atomic mass is 10.0. The van der Waals surface area contributed by atoms with Crippen LogP contribution in [0.3, 0.4) is 0 Å². The van der Waals surface area contributed by atoms with Crippen molar-refractivity contribution in [2.24, 2.45) is 0 Å². The van der Waals surface area contributed by atoms with Crippen molar-refractivity contribution in [3.63, 3.8) is 0 Å². The van der Waals surface area contributed by atoms with Crippen LogP contribution in [-0.4, -0.2) is 38.1 Å². The van der Waals surface area contributed by atoms with Gasteiger partial charge in [-0.05, 0) is 35.7 Å². The van der Waals surface area contributed by atoms with Gasteiger partial charge in [0.15, 0.2) is 0 Å². The topological polar surface area (TPSA) is 128 Å². The molecule has 1 aromatic heterocycles. The molecule has 0 bridgehead atoms. The zero-order valence-corrected chi connectivity index (χ0v) is 17.5. The van der Waals surface area contributed by atoms with E-state index in [0.29, 0.717) is 34.5 Å². The van der Waals surface area contributed by atoms with Crippen LogP contribution in [0.1, 0.15) is 29.5 Å². The van der Waals surface area contributed by atoms with Crippen molar-refractivity contribution in [3.05, 3.63) is 78.9 Å². The smallest absolute Gasteiger partial charge is 0.329 e. The Morgan fingerprint density at radius 1 is 1.09 bits per heavy atom. The van der Waals surface area contributed by atoms with Gasteiger partial charge < -0.3 is 9.88 Å². The summed E-state index contributed by atoms with van der Waals surface area (Å²) < 4.78 is 1.11. The zero-order chi connectivity index (χ0) is 22.6. The molecule has 1 atom stereocenters. The monoisotopic (exact) mass is 451 g/mol. The molecular formula is C22H18ClN5O4. The number of imide groups is 1. The predicted octanol–water partition coefficient (Wildman–Crippen LogP) is 1.34. The van der Waals surface area contributed by atoms with Gasteiger partial charge in [0.1, 0.15) is 11.9 Å². The third kappa shape index (κ3) is 3.31. The van der Waals surface area contributed by atoms with Gasteiger partial charge in [0.05, 0.1) is 17.4 Å². The molecule has 0 radical (unpaired) electrons. The number of hydrogen-bond acceptors (Lipinski definition) is 5. The van der Waals surface area contributed by atoms with Crippen LogP contribution in [0.25, 0.3) is 10.9 Å². The molecule has 2 amide bonds. The first kappa shape index (κ1) is 20.2. The highest BCUT2D eigenvalue weighted by molar-refractivity contribution is 6.31. The van der Waals surface area contributed by atoms with Crippen molar-refractivity contribution in [1.82, 2.24) is 19.8 Å². The van der Waals surface area contributed by atoms with Gasteiger partial charge in [0.25, 0.3) is 5.56 Å². The number of nitrogens with one attached hydrogen (secondary N) is 3. The Morgan fingerprint density at radius 3 is 2.69 bits per heavy atom. The molecule has 10 heteroatoms. The number of benzene rings is 2. The Kier molecular flexibility index (Phi) is 4.70. The fourth-order valence-electron chi connectivity index (χ4n) is 4.32. The van der Waals surface area contributed by atoms with E-state index in [1.165, 1.54) is 6.07 Å². The van der Waals surface area contributed by atoms with E-state index in [-0.39, 0.29) is 24.7 Å². The van der Waals surface area contributed by atoms with Crippen LogP contribution in [0, 0.1) is 5.41 Å². The molecule has 2 aliphatic heterocycles. The minimum Gasteiger partial charge on any atom is -0.340 e. The molecule has 0 saturated carbocycles. The van der Waals surface area contributed by atoms with Crippen LogP contribution in [0.15, 0.2) is 46.0 Å². The Balaban J connectivity index is 1.45. The fourth-order valence-corrected chi connectivity index (χ4v) is 4.49. The van der Waals surface area contributed by atoms with Gasteiger partial charge in [-0.2, -0.15) is 0 Å². The SMILES string of the molecule is N=C1c2ccc(Cn3c(=O)[nH]c4ccc(Cl)cc4c3=O)cc2CN1C1CCC(=O)NC1=O. The third-order valence-electron chi connectivity index (χ3n) is 5.92. The lowest BCUT2D eigenvalue weighted by Crippen LogP contribution is -2.52. The number of aromatic amines is 1. The van der Waals surface area contributed by atoms with E-state index in [1.54, 1.807) is 29.2 Å². The second kappa shape index (κ2) is 7.45. The minimum absolute atomic E-state index is 0.0512. The van der Waals surface area contributed by atoms with Gasteiger partial charge in [0, 0.05) is 23.6 Å². The molecule has 2 aliphatic rings. The first-order chi connectivity index (χ1) is 15.3. The molecule has 0 aliphatic carbocycles. The number of halogens is 1. The highest BCUT2D eigenvalue weighted by atomic mass is 35.5. The lowest BCUT2D eigenvalue weighted by Gasteiger charge is -2.30. The summed E-state index contributed by atoms with van der Waals surface area (Å²) in [6, 6.07) is 9.50. The minimum atomic E-state index is -0.577. The number of piperidine rings is 1. The molecular weight excluding hydrogens is 434 g/mol. The first-order valence-corrected chi connectivity index (χ1v) is 10.4. The molecule has 3 heterocycles. The van der Waals surface area contributed by atoms with Crippen LogP contribution in [-0.2, 0) is 22.7 Å². The van der Waals surface area contributed by atoms with Gasteiger partial charge in [-0.3, -0.25) is 29.7 Å². The van der Waals surface area contributed by atoms with Gasteiger partial charge in [-0.1, -0.05) is 29.8 Å². The number of rotatable bonds is 3. The molecule has 1 saturated heterocycles. The van der Waals surface area contributed by atoms with Crippen molar-refractivity contribution in [1.29, 1.82) is 5.41 Å². The molecule has 1 unspecified atom stereocenters. The third-order valence-corrected chi connectivity index (χ3v) is 6.16. The van der Waals surface area contributed by atoms with E-state index in [4.69, 9.17) is 17.0 Å². The molecule has 32 heavy (non-hydrogen) atoms. The van der Waals surface area contributed by atoms with Crippen molar-refractivity contribution >= 4 is 40.2 Å². The summed E-state index contributed by atoms with van der Waals surface area (Å²) in [5.74, 6) is -0.479. The summed E-state index contributed by atoms with van der Waals surface area (Å²) in [6.45, 7) is 0.391. The Morgan fingerprint density at radius 2 is 1.91 bits per heavy atom. The zero-order valence-electron chi connectivity index (χ0n) is 16.8. The molecule has 0 spiro atoms. The van der Waals surface area contributed by atoms with E-state index in [0.717, 1.165) is 15.7 Å². The van der Waals surface area contributed by atoms with Crippen LogP contribution < -0.4 is 16.6 Å². The van der Waals surface area contributed by atoms with Gasteiger partial charge in [0.2, 0.25) is 11.8 Å². The summed E-state index contributed by atoms with van der Waals surface area (Å²) in [6.07, 6.45) is 0.595. The van der Waals surface area contributed by atoms with Crippen LogP contribution in [0.4, 0.5) is 0 Å². The first-order valence-electron chi connectivity index (χ1n) is 10.1. The fraction of sp³-hybridized carbons (Fsp3) is 0.227. The van der Waals surface area contributed by atoms with Crippen molar-refractivity contribution in [2.75, 3.05) is 0 Å². The Hall–Kier alpha value is -3.72. The average Bonchev–Trinajstić information content (AvgIpc) is 3.07. The standard InChI is InChI=1S/C22H18ClN5O4/c23-13-2-4-16-15(8-13)21(31)28(22(32)25-16)9-11-1-3-14-12(7-11)10-27(19(14)24)17-5-6-18(29)26-20(17)30/h1-4,7-8,17,24H,5-6,9-10H2,(H,25,32)(H,26,29,30). The maximum absolute atomic E-state index is 12.9. The number of H-pyrrole nitrogens is 1. The van der Waals surface area contributed by atoms with Crippen LogP contribution >= 0.6 is 11.6 Å². The maximum Gasteiger partial charge on any atom is 0.329 e. The van der Waals surface area contributed by atoms with Crippen molar-refractivity contribution in [2.45, 2.75) is 32.0 Å². The predicted molar refractivity (Wildman–Crippen MR) is 118 cm³/mol. The van der Waals surface area contributed by atoms with E-state index in [1.807, 2.05) is 6.07 Å². The molecule has 2 aromatic carbocycles. The second-order valence-corrected chi connectivity index (χ2v) is 8.38. The van der Waals surface area contributed by atoms with Gasteiger partial charge in [-0.25, -0.2) is 4.79 Å². The van der Waals surface area contributed by atoms with Crippen LogP contribution in [0.5, 0.6) is 0 Å². The van der Waals surface area contributed by atoms with Gasteiger partial charge >= 0.3 is 5.69 Å². The lowest BCUT2D eigenvalue weighted by molar-refractivity contribution is -0.136. The molecule has 1 fully saturated rings. The van der Waals surface area contributed by atoms with E-state index in [2.05, 4.69) is 10.3 Å². The van der Waals surface area contributed by atoms with Crippen LogP contribution in [0.2, 0.25) is 5.02 Å². The number of amides is 2. The highest BCUT2D eigenvalue weighted by Gasteiger charge is 2.37. The summed E-state index contributed by atoms with van der Waals surface area (Å²) in [4.78, 5) is 53.5. The van der Waals surface area contributed by atoms with E-state index >= 15 is 0 Å². The molecule has 5 rings (SSSR count). The highest BCUT2D eigenvalue weighted by Crippen LogP contribution is 2.28.